The largest absolute Gasteiger partial charge is 0.371 e. The van der Waals surface area contributed by atoms with Gasteiger partial charge in [0, 0.05) is 48.1 Å². The average Bonchev–Trinajstić information content (AvgIpc) is 2.67. The molecule has 0 radical (unpaired) electrons. The minimum Gasteiger partial charge on any atom is -0.371 e. The van der Waals surface area contributed by atoms with Crippen molar-refractivity contribution in [3.63, 3.8) is 0 Å². The van der Waals surface area contributed by atoms with Crippen LogP contribution in [0.1, 0.15) is 12.8 Å². The first kappa shape index (κ1) is 16.1. The van der Waals surface area contributed by atoms with E-state index >= 15 is 0 Å². The zero-order chi connectivity index (χ0) is 17.1. The highest BCUT2D eigenvalue weighted by Gasteiger charge is 2.19. The van der Waals surface area contributed by atoms with Crippen LogP contribution in [-0.4, -0.2) is 34.6 Å². The summed E-state index contributed by atoms with van der Waals surface area (Å²) in [5, 5.41) is 5.18. The standard InChI is InChI=1S/C19H20ClN5/c20-15-1-2-18-17(11-15)19(24-13-23-18)22-12-14-5-9-25(10-6-14)16-3-7-21-8-4-16/h1-4,7-8,11,13-14H,5-6,9-10,12H2,(H,22,23,24). The maximum Gasteiger partial charge on any atom is 0.137 e. The van der Waals surface area contributed by atoms with Crippen molar-refractivity contribution in [1.29, 1.82) is 0 Å². The van der Waals surface area contributed by atoms with Gasteiger partial charge in [-0.2, -0.15) is 0 Å². The fourth-order valence-corrected chi connectivity index (χ4v) is 3.53. The van der Waals surface area contributed by atoms with Crippen LogP contribution in [0.15, 0.2) is 49.1 Å². The van der Waals surface area contributed by atoms with E-state index < -0.39 is 0 Å². The molecule has 1 aliphatic heterocycles. The quantitative estimate of drug-likeness (QED) is 0.768. The monoisotopic (exact) mass is 353 g/mol. The summed E-state index contributed by atoms with van der Waals surface area (Å²) in [4.78, 5) is 15.2. The number of fused-ring (bicyclic) bond motifs is 1. The zero-order valence-electron chi connectivity index (χ0n) is 13.9. The van der Waals surface area contributed by atoms with Gasteiger partial charge in [-0.3, -0.25) is 4.98 Å². The lowest BCUT2D eigenvalue weighted by molar-refractivity contribution is 0.423. The van der Waals surface area contributed by atoms with E-state index in [0.717, 1.165) is 36.4 Å². The van der Waals surface area contributed by atoms with Crippen molar-refractivity contribution in [3.05, 3.63) is 54.1 Å². The third kappa shape index (κ3) is 3.66. The van der Waals surface area contributed by atoms with E-state index in [0.29, 0.717) is 10.9 Å². The molecule has 0 atom stereocenters. The van der Waals surface area contributed by atoms with Crippen molar-refractivity contribution in [1.82, 2.24) is 15.0 Å². The van der Waals surface area contributed by atoms with Crippen LogP contribution in [0.3, 0.4) is 0 Å². The van der Waals surface area contributed by atoms with E-state index in [1.165, 1.54) is 18.5 Å². The first-order chi connectivity index (χ1) is 12.3. The number of nitrogens with zero attached hydrogens (tertiary/aromatic N) is 4. The van der Waals surface area contributed by atoms with Crippen LogP contribution < -0.4 is 10.2 Å². The normalized spacial score (nSPS) is 15.5. The second kappa shape index (κ2) is 7.23. The van der Waals surface area contributed by atoms with Crippen LogP contribution in [0.5, 0.6) is 0 Å². The van der Waals surface area contributed by atoms with E-state index in [9.17, 15) is 0 Å². The lowest BCUT2D eigenvalue weighted by Gasteiger charge is -2.33. The Bertz CT molecular complexity index is 847. The number of hydrogen-bond donors (Lipinski definition) is 1. The Morgan fingerprint density at radius 2 is 1.88 bits per heavy atom. The molecule has 0 spiro atoms. The highest BCUT2D eigenvalue weighted by molar-refractivity contribution is 6.31. The molecule has 0 saturated carbocycles. The Morgan fingerprint density at radius 3 is 2.68 bits per heavy atom. The van der Waals surface area contributed by atoms with Crippen molar-refractivity contribution in [2.24, 2.45) is 5.92 Å². The Kier molecular flexibility index (Phi) is 4.65. The van der Waals surface area contributed by atoms with Crippen LogP contribution in [0.2, 0.25) is 5.02 Å². The molecular formula is C19H20ClN5. The van der Waals surface area contributed by atoms with Crippen molar-refractivity contribution in [3.8, 4) is 0 Å². The van der Waals surface area contributed by atoms with E-state index in [2.05, 4.69) is 37.3 Å². The van der Waals surface area contributed by atoms with Crippen molar-refractivity contribution in [2.45, 2.75) is 12.8 Å². The zero-order valence-corrected chi connectivity index (χ0v) is 14.7. The summed E-state index contributed by atoms with van der Waals surface area (Å²) < 4.78 is 0. The molecule has 1 saturated heterocycles. The highest BCUT2D eigenvalue weighted by atomic mass is 35.5. The van der Waals surface area contributed by atoms with Crippen LogP contribution >= 0.6 is 11.6 Å². The lowest BCUT2D eigenvalue weighted by atomic mass is 9.96. The number of aromatic nitrogens is 3. The van der Waals surface area contributed by atoms with Gasteiger partial charge in [-0.15, -0.1) is 0 Å². The molecule has 5 nitrogen and oxygen atoms in total. The Balaban J connectivity index is 1.38. The fraction of sp³-hybridized carbons (Fsp3) is 0.316. The number of hydrogen-bond acceptors (Lipinski definition) is 5. The average molecular weight is 354 g/mol. The number of pyridine rings is 1. The molecule has 1 fully saturated rings. The van der Waals surface area contributed by atoms with Gasteiger partial charge in [0.25, 0.3) is 0 Å². The highest BCUT2D eigenvalue weighted by Crippen LogP contribution is 2.25. The maximum absolute atomic E-state index is 6.12. The van der Waals surface area contributed by atoms with Gasteiger partial charge in [0.1, 0.15) is 12.1 Å². The summed E-state index contributed by atoms with van der Waals surface area (Å²) in [5.41, 5.74) is 2.17. The Labute approximate surface area is 152 Å². The Hall–Kier alpha value is -2.40. The van der Waals surface area contributed by atoms with Gasteiger partial charge in [0.2, 0.25) is 0 Å². The molecule has 3 aromatic rings. The minimum absolute atomic E-state index is 0.641. The number of halogens is 1. The Morgan fingerprint density at radius 1 is 1.08 bits per heavy atom. The molecule has 0 aliphatic carbocycles. The molecule has 2 aromatic heterocycles. The topological polar surface area (TPSA) is 53.9 Å². The molecule has 128 valence electrons. The molecule has 0 bridgehead atoms. The van der Waals surface area contributed by atoms with E-state index in [-0.39, 0.29) is 0 Å². The molecular weight excluding hydrogens is 334 g/mol. The van der Waals surface area contributed by atoms with Crippen LogP contribution in [0.4, 0.5) is 11.5 Å². The van der Waals surface area contributed by atoms with Gasteiger partial charge < -0.3 is 10.2 Å². The molecule has 25 heavy (non-hydrogen) atoms. The van der Waals surface area contributed by atoms with Crippen molar-refractivity contribution >= 4 is 34.0 Å². The third-order valence-corrected chi connectivity index (χ3v) is 5.03. The molecule has 1 aliphatic rings. The molecule has 0 unspecified atom stereocenters. The molecule has 1 N–H and O–H groups in total. The molecule has 3 heterocycles. The smallest absolute Gasteiger partial charge is 0.137 e. The van der Waals surface area contributed by atoms with Crippen molar-refractivity contribution in [2.75, 3.05) is 29.9 Å². The summed E-state index contributed by atoms with van der Waals surface area (Å²) in [6.07, 6.45) is 7.64. The molecule has 4 rings (SSSR count). The summed E-state index contributed by atoms with van der Waals surface area (Å²) in [7, 11) is 0. The molecule has 0 amide bonds. The lowest BCUT2D eigenvalue weighted by Crippen LogP contribution is -2.35. The van der Waals surface area contributed by atoms with E-state index in [1.807, 2.05) is 30.6 Å². The van der Waals surface area contributed by atoms with Gasteiger partial charge in [-0.1, -0.05) is 11.6 Å². The number of nitrogens with one attached hydrogen (secondary N) is 1. The van der Waals surface area contributed by atoms with Crippen LogP contribution in [0, 0.1) is 5.92 Å². The number of anilines is 2. The summed E-state index contributed by atoms with van der Waals surface area (Å²) in [6.45, 7) is 3.07. The first-order valence-corrected chi connectivity index (χ1v) is 8.96. The first-order valence-electron chi connectivity index (χ1n) is 8.59. The SMILES string of the molecule is Clc1ccc2ncnc(NCC3CCN(c4ccncc4)CC3)c2c1. The van der Waals surface area contributed by atoms with Crippen molar-refractivity contribution < 1.29 is 0 Å². The van der Waals surface area contributed by atoms with E-state index in [4.69, 9.17) is 11.6 Å². The number of piperidine rings is 1. The molecule has 1 aromatic carbocycles. The van der Waals surface area contributed by atoms with Gasteiger partial charge in [-0.25, -0.2) is 9.97 Å². The predicted octanol–water partition coefficient (Wildman–Crippen LogP) is 4.01. The summed E-state index contributed by atoms with van der Waals surface area (Å²) in [6, 6.07) is 9.86. The summed E-state index contributed by atoms with van der Waals surface area (Å²) >= 11 is 6.12. The third-order valence-electron chi connectivity index (χ3n) is 4.80. The predicted molar refractivity (Wildman–Crippen MR) is 102 cm³/mol. The summed E-state index contributed by atoms with van der Waals surface area (Å²) in [5.74, 6) is 1.51. The fourth-order valence-electron chi connectivity index (χ4n) is 3.36. The minimum atomic E-state index is 0.641. The van der Waals surface area contributed by atoms with Gasteiger partial charge in [0.15, 0.2) is 0 Å². The number of benzene rings is 1. The second-order valence-electron chi connectivity index (χ2n) is 6.40. The van der Waals surface area contributed by atoms with Gasteiger partial charge in [0.05, 0.1) is 5.52 Å². The second-order valence-corrected chi connectivity index (χ2v) is 6.84. The number of rotatable bonds is 4. The van der Waals surface area contributed by atoms with Crippen LogP contribution in [-0.2, 0) is 0 Å². The van der Waals surface area contributed by atoms with Crippen LogP contribution in [0.25, 0.3) is 10.9 Å². The van der Waals surface area contributed by atoms with E-state index in [1.54, 1.807) is 6.33 Å². The van der Waals surface area contributed by atoms with Gasteiger partial charge >= 0.3 is 0 Å². The van der Waals surface area contributed by atoms with Gasteiger partial charge in [-0.05, 0) is 49.1 Å². The molecule has 6 heteroatoms. The maximum atomic E-state index is 6.12.